The number of primary amides is 1. The van der Waals surface area contributed by atoms with E-state index in [4.69, 9.17) is 38.2 Å². The zero-order chi connectivity index (χ0) is 37.5. The van der Waals surface area contributed by atoms with Crippen LogP contribution in [0, 0.1) is 16.7 Å². The first kappa shape index (κ1) is 41.3. The number of anilines is 1. The van der Waals surface area contributed by atoms with Crippen LogP contribution in [0.15, 0.2) is 59.6 Å². The number of nitrogens with two attached hydrogens (primary N) is 4. The summed E-state index contributed by atoms with van der Waals surface area (Å²) >= 11 is 0. The molecule has 0 saturated heterocycles. The van der Waals surface area contributed by atoms with E-state index in [2.05, 4.69) is 20.9 Å². The molecular weight excluding hydrogens is 651 g/mol. The summed E-state index contributed by atoms with van der Waals surface area (Å²) in [4.78, 5) is 65.3. The number of hydrogen-bond donors (Lipinski definition) is 9. The summed E-state index contributed by atoms with van der Waals surface area (Å²) in [5, 5.41) is 22.8. The Kier molecular flexibility index (Phi) is 15.7. The molecule has 49 heavy (non-hydrogen) atoms. The van der Waals surface area contributed by atoms with E-state index in [1.165, 1.54) is 0 Å². The second-order valence-electron chi connectivity index (χ2n) is 11.7. The highest BCUT2D eigenvalue weighted by atomic mass is 19.4. The highest BCUT2D eigenvalue weighted by molar-refractivity contribution is 6.07. The van der Waals surface area contributed by atoms with Gasteiger partial charge in [-0.15, -0.1) is 0 Å². The third-order valence-corrected chi connectivity index (χ3v) is 6.64. The van der Waals surface area contributed by atoms with Crippen molar-refractivity contribution in [2.24, 2.45) is 39.3 Å². The van der Waals surface area contributed by atoms with E-state index in [1.54, 1.807) is 75.4 Å². The van der Waals surface area contributed by atoms with Crippen LogP contribution in [-0.2, 0) is 30.4 Å². The highest BCUT2D eigenvalue weighted by Crippen LogP contribution is 2.22. The molecule has 0 aliphatic rings. The molecule has 0 bridgehead atoms. The van der Waals surface area contributed by atoms with E-state index in [-0.39, 0.29) is 31.2 Å². The first-order valence-corrected chi connectivity index (χ1v) is 14.7. The van der Waals surface area contributed by atoms with E-state index in [0.717, 1.165) is 0 Å². The van der Waals surface area contributed by atoms with Gasteiger partial charge in [-0.1, -0.05) is 63.2 Å². The normalized spacial score (nSPS) is 12.9. The van der Waals surface area contributed by atoms with Gasteiger partial charge in [0.2, 0.25) is 23.6 Å². The van der Waals surface area contributed by atoms with Crippen LogP contribution in [0.5, 0.6) is 0 Å². The number of benzene rings is 2. The van der Waals surface area contributed by atoms with Crippen molar-refractivity contribution >= 4 is 47.1 Å². The number of nitrogen functional groups attached to an aromatic ring is 1. The Hall–Kier alpha value is -5.68. The van der Waals surface area contributed by atoms with E-state index >= 15 is 0 Å². The van der Waals surface area contributed by atoms with Gasteiger partial charge >= 0.3 is 12.1 Å². The number of para-hydroxylation sites is 1. The van der Waals surface area contributed by atoms with Gasteiger partial charge in [-0.2, -0.15) is 13.2 Å². The SMILES string of the molecule is CC(C)(C)[C@H](NC(=O)C(Cc1ccc(C(=N)N)cc1)C(=O)Nc1ccccc1)C(=O)N[C@@H](CCCN=C(N)N)C(N)=O.O=C(O)C(F)(F)F. The first-order valence-electron chi connectivity index (χ1n) is 14.7. The molecule has 2 aromatic rings. The van der Waals surface area contributed by atoms with E-state index in [1.807, 2.05) is 0 Å². The van der Waals surface area contributed by atoms with Crippen molar-refractivity contribution in [1.29, 1.82) is 5.41 Å². The maximum Gasteiger partial charge on any atom is 0.490 e. The first-order chi connectivity index (χ1) is 22.6. The van der Waals surface area contributed by atoms with Crippen molar-refractivity contribution in [2.45, 2.75) is 58.3 Å². The van der Waals surface area contributed by atoms with Crippen LogP contribution in [0.25, 0.3) is 0 Å². The summed E-state index contributed by atoms with van der Waals surface area (Å²) in [5.74, 6) is -6.82. The Labute approximate surface area is 280 Å². The number of carbonyl (C=O) groups excluding carboxylic acids is 4. The molecule has 2 aromatic carbocycles. The molecule has 1 unspecified atom stereocenters. The predicted octanol–water partition coefficient (Wildman–Crippen LogP) is 0.956. The summed E-state index contributed by atoms with van der Waals surface area (Å²) in [6.07, 6.45) is -4.51. The molecule has 0 fully saturated rings. The van der Waals surface area contributed by atoms with Crippen LogP contribution in [0.2, 0.25) is 0 Å². The molecule has 0 spiro atoms. The number of carboxylic acid groups (broad SMARTS) is 1. The number of aliphatic imine (C=N–C) groups is 1. The van der Waals surface area contributed by atoms with Crippen LogP contribution in [0.1, 0.15) is 44.7 Å². The van der Waals surface area contributed by atoms with Crippen molar-refractivity contribution in [1.82, 2.24) is 10.6 Å². The Bertz CT molecular complexity index is 1490. The third kappa shape index (κ3) is 15.2. The van der Waals surface area contributed by atoms with Gasteiger partial charge < -0.3 is 44.0 Å². The molecular formula is C31H42F3N9O6. The van der Waals surface area contributed by atoms with Gasteiger partial charge in [0.1, 0.15) is 23.8 Å². The van der Waals surface area contributed by atoms with Crippen LogP contribution in [0.4, 0.5) is 18.9 Å². The minimum Gasteiger partial charge on any atom is -0.475 e. The summed E-state index contributed by atoms with van der Waals surface area (Å²) in [6, 6.07) is 13.2. The Morgan fingerprint density at radius 3 is 1.86 bits per heavy atom. The number of aliphatic carboxylic acids is 1. The number of hydrogen-bond acceptors (Lipinski definition) is 7. The maximum absolute atomic E-state index is 13.7. The topological polar surface area (TPSA) is 282 Å². The number of amides is 4. The number of halogens is 3. The third-order valence-electron chi connectivity index (χ3n) is 6.64. The molecule has 0 aromatic heterocycles. The molecule has 0 aliphatic carbocycles. The molecule has 0 heterocycles. The van der Waals surface area contributed by atoms with Crippen molar-refractivity contribution in [3.8, 4) is 0 Å². The molecule has 0 saturated carbocycles. The smallest absolute Gasteiger partial charge is 0.475 e. The average molecular weight is 694 g/mol. The van der Waals surface area contributed by atoms with Crippen LogP contribution < -0.4 is 38.9 Å². The lowest BCUT2D eigenvalue weighted by Gasteiger charge is -2.32. The maximum atomic E-state index is 13.7. The van der Waals surface area contributed by atoms with Crippen LogP contribution in [-0.4, -0.2) is 71.3 Å². The van der Waals surface area contributed by atoms with Crippen molar-refractivity contribution in [2.75, 3.05) is 11.9 Å². The second kappa shape index (κ2) is 18.6. The lowest BCUT2D eigenvalue weighted by Crippen LogP contribution is -2.58. The molecule has 18 heteroatoms. The van der Waals surface area contributed by atoms with Gasteiger partial charge in [-0.25, -0.2) is 4.79 Å². The van der Waals surface area contributed by atoms with Crippen molar-refractivity contribution < 1.29 is 42.3 Å². The molecule has 4 amide bonds. The number of alkyl halides is 3. The summed E-state index contributed by atoms with van der Waals surface area (Å²) in [6.45, 7) is 5.48. The number of rotatable bonds is 14. The van der Waals surface area contributed by atoms with Crippen LogP contribution >= 0.6 is 0 Å². The molecule has 268 valence electrons. The van der Waals surface area contributed by atoms with E-state index in [9.17, 15) is 32.3 Å². The Morgan fingerprint density at radius 2 is 1.41 bits per heavy atom. The number of nitrogens with one attached hydrogen (secondary N) is 4. The molecule has 2 rings (SSSR count). The zero-order valence-corrected chi connectivity index (χ0v) is 27.1. The Balaban J connectivity index is 0.00000154. The van der Waals surface area contributed by atoms with Crippen molar-refractivity contribution in [3.05, 3.63) is 65.7 Å². The Morgan fingerprint density at radius 1 is 0.857 bits per heavy atom. The van der Waals surface area contributed by atoms with Gasteiger partial charge in [0.25, 0.3) is 0 Å². The summed E-state index contributed by atoms with van der Waals surface area (Å²) in [7, 11) is 0. The molecule has 15 nitrogen and oxygen atoms in total. The monoisotopic (exact) mass is 693 g/mol. The molecule has 13 N–H and O–H groups in total. The lowest BCUT2D eigenvalue weighted by molar-refractivity contribution is -0.192. The highest BCUT2D eigenvalue weighted by Gasteiger charge is 2.39. The van der Waals surface area contributed by atoms with E-state index < -0.39 is 59.2 Å². The predicted molar refractivity (Wildman–Crippen MR) is 176 cm³/mol. The van der Waals surface area contributed by atoms with Gasteiger partial charge in [0.15, 0.2) is 5.96 Å². The minimum atomic E-state index is -5.08. The zero-order valence-electron chi connectivity index (χ0n) is 27.1. The van der Waals surface area contributed by atoms with Crippen molar-refractivity contribution in [3.63, 3.8) is 0 Å². The molecule has 3 atom stereocenters. The van der Waals surface area contributed by atoms with Gasteiger partial charge in [0, 0.05) is 17.8 Å². The fourth-order valence-corrected chi connectivity index (χ4v) is 4.07. The largest absolute Gasteiger partial charge is 0.490 e. The minimum absolute atomic E-state index is 0.00979. The number of carbonyl (C=O) groups is 5. The molecule has 0 aliphatic heterocycles. The fraction of sp³-hybridized carbons (Fsp3) is 0.387. The number of amidine groups is 1. The number of nitrogens with zero attached hydrogens (tertiary/aromatic N) is 1. The van der Waals surface area contributed by atoms with Gasteiger partial charge in [-0.3, -0.25) is 29.6 Å². The molecule has 0 radical (unpaired) electrons. The summed E-state index contributed by atoms with van der Waals surface area (Å²) < 4.78 is 31.7. The lowest BCUT2D eigenvalue weighted by atomic mass is 9.85. The van der Waals surface area contributed by atoms with Gasteiger partial charge in [-0.05, 0) is 42.4 Å². The summed E-state index contributed by atoms with van der Waals surface area (Å²) in [5.41, 5.74) is 22.6. The fourth-order valence-electron chi connectivity index (χ4n) is 4.07. The number of guanidine groups is 1. The quantitative estimate of drug-likeness (QED) is 0.0589. The van der Waals surface area contributed by atoms with E-state index in [0.29, 0.717) is 23.2 Å². The second-order valence-corrected chi connectivity index (χ2v) is 11.7. The van der Waals surface area contributed by atoms with Crippen LogP contribution in [0.3, 0.4) is 0 Å². The van der Waals surface area contributed by atoms with Gasteiger partial charge in [0.05, 0.1) is 0 Å². The average Bonchev–Trinajstić information content (AvgIpc) is 2.99. The standard InChI is InChI=1S/C29H41N9O4.C2HF3O2/c1-29(2,3)22(27(42)37-21(24(32)39)10-7-15-35-28(33)34)38-26(41)20(25(40)36-19-8-5-4-6-9-19)16-17-11-13-18(14-12-17)23(30)31;3-2(4,5)1(6)7/h4-6,8-9,11-14,20-22H,7,10,15-16H2,1-3H3,(H3,30,31)(H2,32,39)(H,36,40)(H,37,42)(H,38,41)(H4,33,34,35);(H,6,7)/t20?,21-,22+;/m0./s1. The number of carboxylic acids is 1.